The van der Waals surface area contributed by atoms with Crippen LogP contribution in [0.15, 0.2) is 78.2 Å². The highest BCUT2D eigenvalue weighted by Crippen LogP contribution is 2.47. The van der Waals surface area contributed by atoms with E-state index in [1.165, 1.54) is 19.2 Å². The first-order valence-electron chi connectivity index (χ1n) is 11.4. The second kappa shape index (κ2) is 9.95. The number of methoxy groups -OCH3 is 2. The molecule has 0 radical (unpaired) electrons. The van der Waals surface area contributed by atoms with E-state index in [1.807, 2.05) is 30.3 Å². The van der Waals surface area contributed by atoms with Crippen molar-refractivity contribution in [2.24, 2.45) is 5.73 Å². The van der Waals surface area contributed by atoms with Crippen molar-refractivity contribution in [2.45, 2.75) is 12.5 Å². The summed E-state index contributed by atoms with van der Waals surface area (Å²) in [5.41, 5.74) is 10.1. The van der Waals surface area contributed by atoms with Crippen molar-refractivity contribution in [1.29, 1.82) is 5.26 Å². The number of ether oxygens (including phenoxy) is 4. The molecule has 4 aromatic rings. The molecule has 1 aromatic heterocycles. The summed E-state index contributed by atoms with van der Waals surface area (Å²) in [6.45, 7) is 0.233. The van der Waals surface area contributed by atoms with Crippen molar-refractivity contribution in [3.8, 4) is 40.5 Å². The Balaban J connectivity index is 1.53. The number of nitrogens with two attached hydrogens (primary N) is 1. The van der Waals surface area contributed by atoms with E-state index in [4.69, 9.17) is 24.7 Å². The van der Waals surface area contributed by atoms with Crippen LogP contribution in [0, 0.1) is 17.1 Å². The number of rotatable bonds is 7. The molecule has 0 spiro atoms. The first-order valence-corrected chi connectivity index (χ1v) is 11.4. The maximum atomic E-state index is 13.2. The van der Waals surface area contributed by atoms with Crippen LogP contribution in [0.1, 0.15) is 22.6 Å². The zero-order valence-corrected chi connectivity index (χ0v) is 20.1. The third-order valence-corrected chi connectivity index (χ3v) is 6.15. The number of fused-ring (bicyclic) bond motifs is 1. The maximum absolute atomic E-state index is 13.2. The van der Waals surface area contributed by atoms with Crippen LogP contribution in [0.3, 0.4) is 0 Å². The molecule has 2 heterocycles. The summed E-state index contributed by atoms with van der Waals surface area (Å²) in [7, 11) is 3.14. The van der Waals surface area contributed by atoms with Gasteiger partial charge < -0.3 is 24.7 Å². The Labute approximate surface area is 212 Å². The Morgan fingerprint density at radius 1 is 1.03 bits per heavy atom. The van der Waals surface area contributed by atoms with Crippen molar-refractivity contribution < 1.29 is 23.3 Å². The molecule has 186 valence electrons. The van der Waals surface area contributed by atoms with Gasteiger partial charge in [0.25, 0.3) is 0 Å². The number of allylic oxidation sites excluding steroid dienone is 1. The standard InChI is InChI=1S/C28H23FN4O4/c1-34-20-10-5-17(6-11-20)26-25-24(21(14-30)27(31)37-28(25)33-32-26)18-7-12-22(23(13-18)35-2)36-15-16-3-8-19(29)9-4-16/h3-13,24H,15,31H2,1-2H3,(H,32,33)/t24-/m0/s1. The molecule has 1 aliphatic heterocycles. The summed E-state index contributed by atoms with van der Waals surface area (Å²) >= 11 is 0. The summed E-state index contributed by atoms with van der Waals surface area (Å²) in [5.74, 6) is 1.10. The number of H-pyrrole nitrogens is 1. The normalized spacial score (nSPS) is 14.4. The number of benzene rings is 3. The minimum Gasteiger partial charge on any atom is -0.497 e. The van der Waals surface area contributed by atoms with E-state index in [2.05, 4.69) is 16.3 Å². The van der Waals surface area contributed by atoms with Crippen LogP contribution in [-0.4, -0.2) is 24.4 Å². The predicted octanol–water partition coefficient (Wildman–Crippen LogP) is 5.03. The van der Waals surface area contributed by atoms with Crippen molar-refractivity contribution in [3.05, 3.63) is 101 Å². The molecule has 8 nitrogen and oxygen atoms in total. The van der Waals surface area contributed by atoms with Crippen molar-refractivity contribution in [1.82, 2.24) is 10.2 Å². The van der Waals surface area contributed by atoms with Crippen LogP contribution in [0.4, 0.5) is 4.39 Å². The SMILES string of the molecule is COc1ccc(-c2[nH]nc3c2[C@@H](c2ccc(OCc4ccc(F)cc4)c(OC)c2)C(C#N)=C(N)O3)cc1. The molecular formula is C28H23FN4O4. The lowest BCUT2D eigenvalue weighted by Crippen LogP contribution is -2.21. The molecule has 3 N–H and O–H groups in total. The Morgan fingerprint density at radius 3 is 2.46 bits per heavy atom. The number of hydrogen-bond acceptors (Lipinski definition) is 7. The highest BCUT2D eigenvalue weighted by atomic mass is 19.1. The lowest BCUT2D eigenvalue weighted by Gasteiger charge is -2.25. The number of nitrogens with one attached hydrogen (secondary N) is 1. The fourth-order valence-corrected chi connectivity index (χ4v) is 4.28. The topological polar surface area (TPSA) is 115 Å². The van der Waals surface area contributed by atoms with Gasteiger partial charge in [-0.15, -0.1) is 5.10 Å². The van der Waals surface area contributed by atoms with Crippen LogP contribution in [0.2, 0.25) is 0 Å². The van der Waals surface area contributed by atoms with Crippen LogP contribution in [0.5, 0.6) is 23.1 Å². The molecule has 0 aliphatic carbocycles. The second-order valence-corrected chi connectivity index (χ2v) is 8.30. The van der Waals surface area contributed by atoms with E-state index in [9.17, 15) is 9.65 Å². The van der Waals surface area contributed by atoms with E-state index in [-0.39, 0.29) is 23.9 Å². The molecule has 1 atom stereocenters. The van der Waals surface area contributed by atoms with E-state index in [0.717, 1.165) is 16.7 Å². The minimum atomic E-state index is -0.565. The number of aromatic nitrogens is 2. The zero-order chi connectivity index (χ0) is 25.9. The van der Waals surface area contributed by atoms with Crippen LogP contribution < -0.4 is 24.7 Å². The van der Waals surface area contributed by atoms with Crippen LogP contribution in [-0.2, 0) is 6.61 Å². The quantitative estimate of drug-likeness (QED) is 0.367. The Hall–Kier alpha value is -4.97. The highest BCUT2D eigenvalue weighted by Gasteiger charge is 2.36. The van der Waals surface area contributed by atoms with Gasteiger partial charge >= 0.3 is 0 Å². The fourth-order valence-electron chi connectivity index (χ4n) is 4.28. The molecule has 9 heteroatoms. The summed E-state index contributed by atoms with van der Waals surface area (Å²) in [6.07, 6.45) is 0. The fraction of sp³-hybridized carbons (Fsp3) is 0.143. The van der Waals surface area contributed by atoms with E-state index < -0.39 is 5.92 Å². The van der Waals surface area contributed by atoms with Gasteiger partial charge in [-0.2, -0.15) is 5.26 Å². The molecule has 0 fully saturated rings. The first-order chi connectivity index (χ1) is 18.0. The predicted molar refractivity (Wildman–Crippen MR) is 134 cm³/mol. The summed E-state index contributed by atoms with van der Waals surface area (Å²) in [4.78, 5) is 0. The van der Waals surface area contributed by atoms with E-state index >= 15 is 0 Å². The number of nitriles is 1. The smallest absolute Gasteiger partial charge is 0.244 e. The highest BCUT2D eigenvalue weighted by molar-refractivity contribution is 5.71. The molecule has 0 saturated heterocycles. The number of hydrogen-bond donors (Lipinski definition) is 2. The number of aromatic amines is 1. The van der Waals surface area contributed by atoms with Crippen molar-refractivity contribution in [3.63, 3.8) is 0 Å². The lowest BCUT2D eigenvalue weighted by atomic mass is 9.83. The molecule has 0 saturated carbocycles. The second-order valence-electron chi connectivity index (χ2n) is 8.30. The third-order valence-electron chi connectivity index (χ3n) is 6.15. The van der Waals surface area contributed by atoms with Gasteiger partial charge in [-0.1, -0.05) is 18.2 Å². The van der Waals surface area contributed by atoms with E-state index in [0.29, 0.717) is 34.4 Å². The first kappa shape index (κ1) is 23.8. The maximum Gasteiger partial charge on any atom is 0.244 e. The monoisotopic (exact) mass is 498 g/mol. The van der Waals surface area contributed by atoms with Crippen LogP contribution in [0.25, 0.3) is 11.3 Å². The molecular weight excluding hydrogens is 475 g/mol. The molecule has 3 aromatic carbocycles. The van der Waals surface area contributed by atoms with Gasteiger partial charge in [0.15, 0.2) is 11.5 Å². The summed E-state index contributed by atoms with van der Waals surface area (Å²) < 4.78 is 35.7. The molecule has 0 unspecified atom stereocenters. The Kier molecular flexibility index (Phi) is 6.39. The van der Waals surface area contributed by atoms with Crippen molar-refractivity contribution in [2.75, 3.05) is 14.2 Å². The minimum absolute atomic E-state index is 0.0108. The molecule has 5 rings (SSSR count). The Bertz CT molecular complexity index is 1500. The molecule has 1 aliphatic rings. The van der Waals surface area contributed by atoms with Gasteiger partial charge in [-0.25, -0.2) is 4.39 Å². The third kappa shape index (κ3) is 4.52. The average molecular weight is 499 g/mol. The number of nitrogens with zero attached hydrogens (tertiary/aromatic N) is 2. The van der Waals surface area contributed by atoms with Gasteiger partial charge in [0.1, 0.15) is 29.8 Å². The van der Waals surface area contributed by atoms with Gasteiger partial charge in [-0.3, -0.25) is 5.10 Å². The van der Waals surface area contributed by atoms with Crippen molar-refractivity contribution >= 4 is 0 Å². The van der Waals surface area contributed by atoms with Crippen LogP contribution >= 0.6 is 0 Å². The molecule has 37 heavy (non-hydrogen) atoms. The summed E-state index contributed by atoms with van der Waals surface area (Å²) in [5, 5.41) is 17.3. The largest absolute Gasteiger partial charge is 0.497 e. The average Bonchev–Trinajstić information content (AvgIpc) is 3.35. The van der Waals surface area contributed by atoms with E-state index in [1.54, 1.807) is 31.4 Å². The van der Waals surface area contributed by atoms with Gasteiger partial charge in [0.05, 0.1) is 31.4 Å². The number of halogens is 1. The molecule has 0 amide bonds. The van der Waals surface area contributed by atoms with Gasteiger partial charge in [0, 0.05) is 5.56 Å². The lowest BCUT2D eigenvalue weighted by molar-refractivity contribution is 0.284. The summed E-state index contributed by atoms with van der Waals surface area (Å²) in [6, 6.07) is 21.2. The molecule has 0 bridgehead atoms. The zero-order valence-electron chi connectivity index (χ0n) is 20.1. The Morgan fingerprint density at radius 2 is 1.78 bits per heavy atom. The van der Waals surface area contributed by atoms with Gasteiger partial charge in [-0.05, 0) is 59.7 Å². The van der Waals surface area contributed by atoms with Gasteiger partial charge in [0.2, 0.25) is 11.8 Å².